The highest BCUT2D eigenvalue weighted by Gasteiger charge is 2.32. The van der Waals surface area contributed by atoms with Gasteiger partial charge in [-0.2, -0.15) is 0 Å². The van der Waals surface area contributed by atoms with Crippen LogP contribution in [-0.4, -0.2) is 29.9 Å². The van der Waals surface area contributed by atoms with E-state index in [0.29, 0.717) is 24.4 Å². The minimum absolute atomic E-state index is 0.0427. The molecule has 3 amide bonds. The van der Waals surface area contributed by atoms with Gasteiger partial charge in [0.1, 0.15) is 0 Å². The third kappa shape index (κ3) is 3.07. The van der Waals surface area contributed by atoms with E-state index < -0.39 is 6.04 Å². The van der Waals surface area contributed by atoms with Crippen molar-refractivity contribution in [2.24, 2.45) is 0 Å². The van der Waals surface area contributed by atoms with Gasteiger partial charge in [-0.3, -0.25) is 4.79 Å². The summed E-state index contributed by atoms with van der Waals surface area (Å²) < 4.78 is 0. The monoisotopic (exact) mass is 287 g/mol. The minimum atomic E-state index is -0.409. The van der Waals surface area contributed by atoms with E-state index in [4.69, 9.17) is 0 Å². The van der Waals surface area contributed by atoms with Crippen LogP contribution < -0.4 is 10.6 Å². The molecule has 1 aliphatic rings. The zero-order chi connectivity index (χ0) is 15.4. The Kier molecular flexibility index (Phi) is 4.62. The molecule has 21 heavy (non-hydrogen) atoms. The first-order valence-electron chi connectivity index (χ1n) is 7.21. The fourth-order valence-corrected chi connectivity index (χ4v) is 2.55. The number of likely N-dealkylation sites (N-methyl/N-ethyl adjacent to an activating group) is 1. The van der Waals surface area contributed by atoms with E-state index in [1.165, 1.54) is 0 Å². The zero-order valence-corrected chi connectivity index (χ0v) is 12.6. The summed E-state index contributed by atoms with van der Waals surface area (Å²) in [6.45, 7) is 6.95. The van der Waals surface area contributed by atoms with Gasteiger partial charge in [-0.05, 0) is 26.3 Å². The Morgan fingerprint density at radius 2 is 1.81 bits per heavy atom. The molecule has 0 saturated carbocycles. The molecule has 1 aromatic carbocycles. The van der Waals surface area contributed by atoms with E-state index in [1.807, 2.05) is 44.2 Å². The molecule has 0 aromatic heterocycles. The average molecular weight is 287 g/mol. The third-order valence-corrected chi connectivity index (χ3v) is 3.68. The maximum Gasteiger partial charge on any atom is 0.319 e. The summed E-state index contributed by atoms with van der Waals surface area (Å²) in [6, 6.07) is 8.86. The quantitative estimate of drug-likeness (QED) is 0.891. The van der Waals surface area contributed by atoms with Gasteiger partial charge in [0, 0.05) is 18.8 Å². The van der Waals surface area contributed by atoms with E-state index in [9.17, 15) is 9.59 Å². The van der Waals surface area contributed by atoms with E-state index in [-0.39, 0.29) is 11.9 Å². The molecular weight excluding hydrogens is 266 g/mol. The maximum atomic E-state index is 12.7. The first-order valence-corrected chi connectivity index (χ1v) is 7.21. The predicted octanol–water partition coefficient (Wildman–Crippen LogP) is 2.18. The smallest absolute Gasteiger partial charge is 0.319 e. The standard InChI is InChI=1S/C16H21N3O2/c1-4-19(5-2)15(20)13-11(3)17-16(21)18-14(13)12-9-7-6-8-10-12/h6-10,14H,4-5H2,1-3H3,(H2,17,18,21)/t14-/m0/s1. The molecule has 1 aliphatic heterocycles. The molecule has 0 spiro atoms. The number of carbonyl (C=O) groups is 2. The van der Waals surface area contributed by atoms with Crippen LogP contribution in [0.15, 0.2) is 41.6 Å². The average Bonchev–Trinajstić information content (AvgIpc) is 2.48. The second-order valence-electron chi connectivity index (χ2n) is 4.96. The SMILES string of the molecule is CCN(CC)C(=O)C1=C(C)NC(=O)N[C@H]1c1ccccc1. The van der Waals surface area contributed by atoms with Crippen molar-refractivity contribution in [2.75, 3.05) is 13.1 Å². The molecule has 1 atom stereocenters. The van der Waals surface area contributed by atoms with Crippen molar-refractivity contribution in [1.82, 2.24) is 15.5 Å². The highest BCUT2D eigenvalue weighted by Crippen LogP contribution is 2.27. The first-order chi connectivity index (χ1) is 10.1. The summed E-state index contributed by atoms with van der Waals surface area (Å²) in [7, 11) is 0. The van der Waals surface area contributed by atoms with Crippen LogP contribution in [0, 0.1) is 0 Å². The van der Waals surface area contributed by atoms with Crippen LogP contribution in [0.4, 0.5) is 4.79 Å². The van der Waals surface area contributed by atoms with Crippen molar-refractivity contribution >= 4 is 11.9 Å². The lowest BCUT2D eigenvalue weighted by Crippen LogP contribution is -2.47. The van der Waals surface area contributed by atoms with E-state index >= 15 is 0 Å². The Balaban J connectivity index is 2.44. The second-order valence-corrected chi connectivity index (χ2v) is 4.96. The molecule has 0 fully saturated rings. The number of nitrogens with one attached hydrogen (secondary N) is 2. The van der Waals surface area contributed by atoms with E-state index in [2.05, 4.69) is 10.6 Å². The van der Waals surface area contributed by atoms with Gasteiger partial charge in [0.2, 0.25) is 0 Å². The van der Waals surface area contributed by atoms with Gasteiger partial charge in [-0.15, -0.1) is 0 Å². The van der Waals surface area contributed by atoms with Crippen LogP contribution in [0.25, 0.3) is 0 Å². The van der Waals surface area contributed by atoms with Gasteiger partial charge >= 0.3 is 6.03 Å². The van der Waals surface area contributed by atoms with E-state index in [1.54, 1.807) is 11.8 Å². The third-order valence-electron chi connectivity index (χ3n) is 3.68. The molecule has 1 aromatic rings. The number of hydrogen-bond donors (Lipinski definition) is 2. The summed E-state index contributed by atoms with van der Waals surface area (Å²) in [4.78, 5) is 26.2. The molecule has 5 nitrogen and oxygen atoms in total. The van der Waals surface area contributed by atoms with Crippen molar-refractivity contribution in [3.8, 4) is 0 Å². The fourth-order valence-electron chi connectivity index (χ4n) is 2.55. The van der Waals surface area contributed by atoms with Crippen LogP contribution in [-0.2, 0) is 4.79 Å². The van der Waals surface area contributed by atoms with Crippen LogP contribution in [0.5, 0.6) is 0 Å². The molecule has 0 radical (unpaired) electrons. The van der Waals surface area contributed by atoms with Gasteiger partial charge in [-0.1, -0.05) is 30.3 Å². The topological polar surface area (TPSA) is 61.4 Å². The summed E-state index contributed by atoms with van der Waals surface area (Å²) in [5.41, 5.74) is 2.12. The molecular formula is C16H21N3O2. The lowest BCUT2D eigenvalue weighted by Gasteiger charge is -2.31. The first kappa shape index (κ1) is 15.1. The highest BCUT2D eigenvalue weighted by atomic mass is 16.2. The van der Waals surface area contributed by atoms with Crippen molar-refractivity contribution in [3.05, 3.63) is 47.2 Å². The Morgan fingerprint density at radius 3 is 2.38 bits per heavy atom. The van der Waals surface area contributed by atoms with Crippen LogP contribution in [0.2, 0.25) is 0 Å². The summed E-state index contributed by atoms with van der Waals surface area (Å²) in [5, 5.41) is 5.54. The van der Waals surface area contributed by atoms with Crippen molar-refractivity contribution in [2.45, 2.75) is 26.8 Å². The summed E-state index contributed by atoms with van der Waals surface area (Å²) >= 11 is 0. The number of hydrogen-bond acceptors (Lipinski definition) is 2. The Labute approximate surface area is 125 Å². The Hall–Kier alpha value is -2.30. The lowest BCUT2D eigenvalue weighted by atomic mass is 9.94. The molecule has 2 rings (SSSR count). The zero-order valence-electron chi connectivity index (χ0n) is 12.6. The van der Waals surface area contributed by atoms with Crippen molar-refractivity contribution < 1.29 is 9.59 Å². The summed E-state index contributed by atoms with van der Waals surface area (Å²) in [6.07, 6.45) is 0. The van der Waals surface area contributed by atoms with Crippen LogP contribution in [0.3, 0.4) is 0 Å². The van der Waals surface area contributed by atoms with E-state index in [0.717, 1.165) is 5.56 Å². The molecule has 0 aliphatic carbocycles. The Bertz CT molecular complexity index is 562. The van der Waals surface area contributed by atoms with Gasteiger partial charge in [0.15, 0.2) is 0 Å². The van der Waals surface area contributed by atoms with Gasteiger partial charge < -0.3 is 15.5 Å². The molecule has 0 saturated heterocycles. The molecule has 5 heteroatoms. The van der Waals surface area contributed by atoms with Crippen LogP contribution in [0.1, 0.15) is 32.4 Å². The van der Waals surface area contributed by atoms with Crippen LogP contribution >= 0.6 is 0 Å². The van der Waals surface area contributed by atoms with Gasteiger partial charge in [-0.25, -0.2) is 4.79 Å². The minimum Gasteiger partial charge on any atom is -0.339 e. The molecule has 2 N–H and O–H groups in total. The number of benzene rings is 1. The van der Waals surface area contributed by atoms with Gasteiger partial charge in [0.25, 0.3) is 5.91 Å². The van der Waals surface area contributed by atoms with Crippen molar-refractivity contribution in [3.63, 3.8) is 0 Å². The highest BCUT2D eigenvalue weighted by molar-refractivity contribution is 5.98. The second kappa shape index (κ2) is 6.43. The number of rotatable bonds is 4. The normalized spacial score (nSPS) is 18.0. The number of amides is 3. The molecule has 1 heterocycles. The van der Waals surface area contributed by atoms with Crippen molar-refractivity contribution in [1.29, 1.82) is 0 Å². The molecule has 0 bridgehead atoms. The van der Waals surface area contributed by atoms with Gasteiger partial charge in [0.05, 0.1) is 11.6 Å². The number of carbonyl (C=O) groups excluding carboxylic acids is 2. The molecule has 112 valence electrons. The Morgan fingerprint density at radius 1 is 1.19 bits per heavy atom. The lowest BCUT2D eigenvalue weighted by molar-refractivity contribution is -0.127. The number of nitrogens with zero attached hydrogens (tertiary/aromatic N) is 1. The summed E-state index contributed by atoms with van der Waals surface area (Å²) in [5.74, 6) is -0.0427. The maximum absolute atomic E-state index is 12.7. The fraction of sp³-hybridized carbons (Fsp3) is 0.375. The predicted molar refractivity (Wildman–Crippen MR) is 81.5 cm³/mol. The number of allylic oxidation sites excluding steroid dienone is 1. The largest absolute Gasteiger partial charge is 0.339 e. The number of urea groups is 1. The molecule has 0 unspecified atom stereocenters.